The van der Waals surface area contributed by atoms with Gasteiger partial charge in [-0.15, -0.1) is 0 Å². The third-order valence-electron chi connectivity index (χ3n) is 5.02. The van der Waals surface area contributed by atoms with Crippen molar-refractivity contribution in [2.24, 2.45) is 0 Å². The Hall–Kier alpha value is -2.89. The molecule has 2 amide bonds. The molecule has 1 aliphatic heterocycles. The lowest BCUT2D eigenvalue weighted by atomic mass is 9.96. The summed E-state index contributed by atoms with van der Waals surface area (Å²) in [5.41, 5.74) is 2.90. The zero-order chi connectivity index (χ0) is 18.5. The highest BCUT2D eigenvalue weighted by Gasteiger charge is 2.15. The lowest BCUT2D eigenvalue weighted by Gasteiger charge is -2.22. The molecule has 2 aliphatic rings. The summed E-state index contributed by atoms with van der Waals surface area (Å²) in [6.07, 6.45) is 5.84. The van der Waals surface area contributed by atoms with Gasteiger partial charge < -0.3 is 25.4 Å². The van der Waals surface area contributed by atoms with Crippen LogP contribution in [0, 0.1) is 0 Å². The summed E-state index contributed by atoms with van der Waals surface area (Å²) in [6.45, 7) is 0.973. The van der Waals surface area contributed by atoms with Gasteiger partial charge in [0.1, 0.15) is 0 Å². The second-order valence-corrected chi connectivity index (χ2v) is 7.05. The Morgan fingerprint density at radius 1 is 0.926 bits per heavy atom. The highest BCUT2D eigenvalue weighted by molar-refractivity contribution is 5.89. The third kappa shape index (κ3) is 4.64. The molecule has 0 saturated heterocycles. The molecule has 4 rings (SSSR count). The van der Waals surface area contributed by atoms with Crippen LogP contribution in [0.3, 0.4) is 0 Å². The molecule has 0 spiro atoms. The Morgan fingerprint density at radius 2 is 1.67 bits per heavy atom. The third-order valence-corrected chi connectivity index (χ3v) is 5.02. The van der Waals surface area contributed by atoms with Crippen LogP contribution in [0.5, 0.6) is 11.5 Å². The van der Waals surface area contributed by atoms with Gasteiger partial charge in [-0.1, -0.05) is 25.3 Å². The number of benzene rings is 2. The van der Waals surface area contributed by atoms with Gasteiger partial charge in [0.15, 0.2) is 11.5 Å². The Bertz CT molecular complexity index is 786. The van der Waals surface area contributed by atoms with Crippen molar-refractivity contribution in [2.45, 2.75) is 44.7 Å². The molecule has 2 aromatic carbocycles. The molecule has 142 valence electrons. The molecule has 2 aromatic rings. The van der Waals surface area contributed by atoms with Crippen LogP contribution in [0.25, 0.3) is 0 Å². The number of urea groups is 1. The minimum absolute atomic E-state index is 0.122. The molecule has 0 aromatic heterocycles. The summed E-state index contributed by atoms with van der Waals surface area (Å²) in [4.78, 5) is 12.1. The number of rotatable bonds is 5. The number of anilines is 2. The normalized spacial score (nSPS) is 16.0. The Balaban J connectivity index is 1.26. The molecule has 1 aliphatic carbocycles. The van der Waals surface area contributed by atoms with Crippen LogP contribution in [-0.2, 0) is 6.54 Å². The second-order valence-electron chi connectivity index (χ2n) is 7.05. The SMILES string of the molecule is O=C(Nc1ccc(NCc2ccc3c(c2)OCO3)cc1)NC1CCCCC1. The molecular weight excluding hydrogens is 342 g/mol. The average Bonchev–Trinajstić information content (AvgIpc) is 3.16. The van der Waals surface area contributed by atoms with Crippen molar-refractivity contribution in [1.82, 2.24) is 5.32 Å². The molecule has 6 nitrogen and oxygen atoms in total. The Labute approximate surface area is 159 Å². The van der Waals surface area contributed by atoms with E-state index in [-0.39, 0.29) is 12.8 Å². The molecule has 1 heterocycles. The number of nitrogens with one attached hydrogen (secondary N) is 3. The highest BCUT2D eigenvalue weighted by Crippen LogP contribution is 2.32. The van der Waals surface area contributed by atoms with Crippen LogP contribution in [0.15, 0.2) is 42.5 Å². The largest absolute Gasteiger partial charge is 0.454 e. The monoisotopic (exact) mass is 367 g/mol. The zero-order valence-corrected chi connectivity index (χ0v) is 15.3. The van der Waals surface area contributed by atoms with Crippen LogP contribution in [0.2, 0.25) is 0 Å². The summed E-state index contributed by atoms with van der Waals surface area (Å²) >= 11 is 0. The van der Waals surface area contributed by atoms with Crippen LogP contribution in [0.4, 0.5) is 16.2 Å². The van der Waals surface area contributed by atoms with Crippen molar-refractivity contribution in [2.75, 3.05) is 17.4 Å². The first-order chi connectivity index (χ1) is 13.3. The Kier molecular flexibility index (Phi) is 5.32. The quantitative estimate of drug-likeness (QED) is 0.728. The van der Waals surface area contributed by atoms with Crippen molar-refractivity contribution >= 4 is 17.4 Å². The van der Waals surface area contributed by atoms with E-state index in [4.69, 9.17) is 9.47 Å². The van der Waals surface area contributed by atoms with Crippen molar-refractivity contribution in [3.05, 3.63) is 48.0 Å². The number of hydrogen-bond acceptors (Lipinski definition) is 4. The molecular formula is C21H25N3O3. The van der Waals surface area contributed by atoms with Gasteiger partial charge in [0.25, 0.3) is 0 Å². The minimum atomic E-state index is -0.122. The lowest BCUT2D eigenvalue weighted by molar-refractivity contribution is 0.174. The molecule has 0 bridgehead atoms. The van der Waals surface area contributed by atoms with Crippen molar-refractivity contribution in [3.8, 4) is 11.5 Å². The van der Waals surface area contributed by atoms with Gasteiger partial charge in [0, 0.05) is 24.0 Å². The van der Waals surface area contributed by atoms with Crippen LogP contribution >= 0.6 is 0 Å². The topological polar surface area (TPSA) is 71.6 Å². The van der Waals surface area contributed by atoms with Gasteiger partial charge in [-0.3, -0.25) is 0 Å². The number of fused-ring (bicyclic) bond motifs is 1. The maximum atomic E-state index is 12.1. The Morgan fingerprint density at radius 3 is 2.48 bits per heavy atom. The number of carbonyl (C=O) groups excluding carboxylic acids is 1. The lowest BCUT2D eigenvalue weighted by Crippen LogP contribution is -2.38. The highest BCUT2D eigenvalue weighted by atomic mass is 16.7. The molecule has 0 atom stereocenters. The van der Waals surface area contributed by atoms with Crippen molar-refractivity contribution in [3.63, 3.8) is 0 Å². The van der Waals surface area contributed by atoms with Crippen LogP contribution in [-0.4, -0.2) is 18.9 Å². The molecule has 1 fully saturated rings. The molecule has 0 radical (unpaired) electrons. The first kappa shape index (κ1) is 17.5. The maximum absolute atomic E-state index is 12.1. The molecule has 1 saturated carbocycles. The van der Waals surface area contributed by atoms with Gasteiger partial charge in [-0.05, 0) is 54.8 Å². The summed E-state index contributed by atoms with van der Waals surface area (Å²) in [5, 5.41) is 9.35. The van der Waals surface area contributed by atoms with Gasteiger partial charge in [0.2, 0.25) is 6.79 Å². The number of carbonyl (C=O) groups is 1. The van der Waals surface area contributed by atoms with E-state index in [9.17, 15) is 4.79 Å². The zero-order valence-electron chi connectivity index (χ0n) is 15.3. The van der Waals surface area contributed by atoms with E-state index in [1.807, 2.05) is 42.5 Å². The fourth-order valence-electron chi connectivity index (χ4n) is 3.53. The molecule has 27 heavy (non-hydrogen) atoms. The molecule has 6 heteroatoms. The van der Waals surface area contributed by atoms with E-state index >= 15 is 0 Å². The van der Waals surface area contributed by atoms with Crippen LogP contribution < -0.4 is 25.4 Å². The molecule has 0 unspecified atom stereocenters. The first-order valence-corrected chi connectivity index (χ1v) is 9.56. The fraction of sp³-hybridized carbons (Fsp3) is 0.381. The number of ether oxygens (including phenoxy) is 2. The second kappa shape index (κ2) is 8.20. The fourth-order valence-corrected chi connectivity index (χ4v) is 3.53. The predicted octanol–water partition coefficient (Wildman–Crippen LogP) is 4.48. The average molecular weight is 367 g/mol. The van der Waals surface area contributed by atoms with Crippen LogP contribution in [0.1, 0.15) is 37.7 Å². The number of hydrogen-bond donors (Lipinski definition) is 3. The van der Waals surface area contributed by atoms with Gasteiger partial charge in [0.05, 0.1) is 0 Å². The summed E-state index contributed by atoms with van der Waals surface area (Å²) in [5.74, 6) is 1.58. The van der Waals surface area contributed by atoms with E-state index in [0.717, 1.165) is 41.3 Å². The summed E-state index contributed by atoms with van der Waals surface area (Å²) in [7, 11) is 0. The van der Waals surface area contributed by atoms with Crippen molar-refractivity contribution < 1.29 is 14.3 Å². The van der Waals surface area contributed by atoms with E-state index in [1.165, 1.54) is 19.3 Å². The van der Waals surface area contributed by atoms with Gasteiger partial charge >= 0.3 is 6.03 Å². The summed E-state index contributed by atoms with van der Waals surface area (Å²) in [6, 6.07) is 13.9. The summed E-state index contributed by atoms with van der Waals surface area (Å²) < 4.78 is 10.7. The first-order valence-electron chi connectivity index (χ1n) is 9.56. The smallest absolute Gasteiger partial charge is 0.319 e. The van der Waals surface area contributed by atoms with E-state index in [0.29, 0.717) is 12.6 Å². The van der Waals surface area contributed by atoms with Gasteiger partial charge in [-0.25, -0.2) is 4.79 Å². The van der Waals surface area contributed by atoms with Gasteiger partial charge in [-0.2, -0.15) is 0 Å². The predicted molar refractivity (Wildman–Crippen MR) is 105 cm³/mol. The number of amides is 2. The van der Waals surface area contributed by atoms with Crippen molar-refractivity contribution in [1.29, 1.82) is 0 Å². The molecule has 3 N–H and O–H groups in total. The van der Waals surface area contributed by atoms with E-state index < -0.39 is 0 Å². The van der Waals surface area contributed by atoms with E-state index in [2.05, 4.69) is 16.0 Å². The van der Waals surface area contributed by atoms with E-state index in [1.54, 1.807) is 0 Å². The standard InChI is InChI=1S/C21H25N3O3/c25-21(23-17-4-2-1-3-5-17)24-18-9-7-16(8-10-18)22-13-15-6-11-19-20(12-15)27-14-26-19/h6-12,17,22H,1-5,13-14H2,(H2,23,24,25). The minimum Gasteiger partial charge on any atom is -0.454 e. The maximum Gasteiger partial charge on any atom is 0.319 e.